The molecule has 7 nitrogen and oxygen atoms in total. The second-order valence-corrected chi connectivity index (χ2v) is 4.00. The molecule has 0 unspecified atom stereocenters. The third-order valence-electron chi connectivity index (χ3n) is 2.60. The molecular formula is C14H13FN2O5. The van der Waals surface area contributed by atoms with Crippen LogP contribution in [-0.4, -0.2) is 36.3 Å². The number of esters is 1. The zero-order chi connectivity index (χ0) is 16.7. The number of hydrogen-bond acceptors (Lipinski definition) is 6. The van der Waals surface area contributed by atoms with Crippen LogP contribution in [0.5, 0.6) is 0 Å². The van der Waals surface area contributed by atoms with Gasteiger partial charge in [-0.05, 0) is 17.7 Å². The second kappa shape index (κ2) is 7.75. The molecule has 0 aliphatic rings. The number of carbonyl (C=O) groups excluding carboxylic acids is 2. The molecular weight excluding hydrogens is 295 g/mol. The molecule has 0 heterocycles. The molecule has 0 aliphatic carbocycles. The summed E-state index contributed by atoms with van der Waals surface area (Å²) < 4.78 is 17.5. The SMILES string of the molecule is COC(=O)/C(O)=C/C(=O)N(Cc1ccc(F)c(C#N)c1)OC. The van der Waals surface area contributed by atoms with Gasteiger partial charge in [0.05, 0.1) is 32.4 Å². The number of carbonyl (C=O) groups is 2. The number of hydroxylamine groups is 2. The monoisotopic (exact) mass is 308 g/mol. The van der Waals surface area contributed by atoms with Crippen molar-refractivity contribution < 1.29 is 28.7 Å². The van der Waals surface area contributed by atoms with E-state index in [0.29, 0.717) is 11.6 Å². The number of aliphatic hydroxyl groups is 1. The van der Waals surface area contributed by atoms with Gasteiger partial charge in [-0.3, -0.25) is 9.63 Å². The lowest BCUT2D eigenvalue weighted by Gasteiger charge is -2.18. The highest BCUT2D eigenvalue weighted by Crippen LogP contribution is 2.12. The molecule has 0 saturated heterocycles. The van der Waals surface area contributed by atoms with Crippen LogP contribution in [0.1, 0.15) is 11.1 Å². The summed E-state index contributed by atoms with van der Waals surface area (Å²) in [5, 5.41) is 18.9. The number of amides is 1. The number of methoxy groups -OCH3 is 1. The number of nitrogens with zero attached hydrogens (tertiary/aromatic N) is 2. The van der Waals surface area contributed by atoms with Gasteiger partial charge in [0.1, 0.15) is 11.9 Å². The fraction of sp³-hybridized carbons (Fsp3) is 0.214. The molecule has 0 fully saturated rings. The molecule has 1 N–H and O–H groups in total. The summed E-state index contributed by atoms with van der Waals surface area (Å²) in [4.78, 5) is 27.7. The van der Waals surface area contributed by atoms with Gasteiger partial charge in [0, 0.05) is 0 Å². The summed E-state index contributed by atoms with van der Waals surface area (Å²) in [5.74, 6) is -3.46. The fourth-order valence-electron chi connectivity index (χ4n) is 1.51. The number of benzene rings is 1. The first kappa shape index (κ1) is 17.1. The van der Waals surface area contributed by atoms with Gasteiger partial charge in [-0.1, -0.05) is 6.07 Å². The Balaban J connectivity index is 2.92. The van der Waals surface area contributed by atoms with Gasteiger partial charge in [-0.15, -0.1) is 0 Å². The Labute approximate surface area is 125 Å². The van der Waals surface area contributed by atoms with Gasteiger partial charge in [-0.25, -0.2) is 14.2 Å². The van der Waals surface area contributed by atoms with Crippen molar-refractivity contribution in [3.05, 3.63) is 47.0 Å². The van der Waals surface area contributed by atoms with Gasteiger partial charge < -0.3 is 9.84 Å². The smallest absolute Gasteiger partial charge is 0.373 e. The highest BCUT2D eigenvalue weighted by Gasteiger charge is 2.16. The Hall–Kier alpha value is -2.92. The molecule has 22 heavy (non-hydrogen) atoms. The maximum atomic E-state index is 13.2. The molecule has 1 aromatic carbocycles. The molecule has 0 aromatic heterocycles. The lowest BCUT2D eigenvalue weighted by Crippen LogP contribution is -2.28. The number of rotatable bonds is 5. The second-order valence-electron chi connectivity index (χ2n) is 4.00. The molecule has 8 heteroatoms. The molecule has 0 spiro atoms. The highest BCUT2D eigenvalue weighted by molar-refractivity contribution is 5.96. The van der Waals surface area contributed by atoms with Crippen LogP contribution < -0.4 is 0 Å². The average molecular weight is 308 g/mol. The molecule has 0 radical (unpaired) electrons. The zero-order valence-corrected chi connectivity index (χ0v) is 11.9. The van der Waals surface area contributed by atoms with Crippen LogP contribution in [0, 0.1) is 17.1 Å². The van der Waals surface area contributed by atoms with E-state index >= 15 is 0 Å². The minimum absolute atomic E-state index is 0.116. The number of ether oxygens (including phenoxy) is 1. The molecule has 0 aliphatic heterocycles. The van der Waals surface area contributed by atoms with Crippen molar-refractivity contribution in [2.45, 2.75) is 6.54 Å². The van der Waals surface area contributed by atoms with Crippen LogP contribution in [0.2, 0.25) is 0 Å². The summed E-state index contributed by atoms with van der Waals surface area (Å²) in [7, 11) is 2.25. The Morgan fingerprint density at radius 2 is 2.14 bits per heavy atom. The highest BCUT2D eigenvalue weighted by atomic mass is 19.1. The normalized spacial score (nSPS) is 10.7. The van der Waals surface area contributed by atoms with Crippen molar-refractivity contribution in [2.24, 2.45) is 0 Å². The van der Waals surface area contributed by atoms with Crippen LogP contribution in [0.15, 0.2) is 30.0 Å². The minimum atomic E-state index is -1.07. The molecule has 1 aromatic rings. The van der Waals surface area contributed by atoms with Gasteiger partial charge in [0.15, 0.2) is 0 Å². The molecule has 1 amide bonds. The van der Waals surface area contributed by atoms with E-state index in [-0.39, 0.29) is 12.1 Å². The maximum Gasteiger partial charge on any atom is 0.373 e. The Morgan fingerprint density at radius 3 is 2.68 bits per heavy atom. The van der Waals surface area contributed by atoms with E-state index in [1.165, 1.54) is 19.2 Å². The fourth-order valence-corrected chi connectivity index (χ4v) is 1.51. The molecule has 0 saturated carbocycles. The van der Waals surface area contributed by atoms with E-state index in [0.717, 1.165) is 18.2 Å². The van der Waals surface area contributed by atoms with Crippen LogP contribution in [-0.2, 0) is 25.7 Å². The van der Waals surface area contributed by atoms with Gasteiger partial charge in [-0.2, -0.15) is 5.26 Å². The minimum Gasteiger partial charge on any atom is -0.502 e. The quantitative estimate of drug-likeness (QED) is 0.380. The van der Waals surface area contributed by atoms with Crippen molar-refractivity contribution >= 4 is 11.9 Å². The largest absolute Gasteiger partial charge is 0.502 e. The first-order chi connectivity index (χ1) is 10.4. The molecule has 0 bridgehead atoms. The summed E-state index contributed by atoms with van der Waals surface area (Å²) in [6, 6.07) is 5.41. The summed E-state index contributed by atoms with van der Waals surface area (Å²) in [6.45, 7) is -0.116. The third kappa shape index (κ3) is 4.29. The van der Waals surface area contributed by atoms with Crippen LogP contribution >= 0.6 is 0 Å². The van der Waals surface area contributed by atoms with Crippen LogP contribution in [0.3, 0.4) is 0 Å². The predicted octanol–water partition coefficient (Wildman–Crippen LogP) is 1.20. The summed E-state index contributed by atoms with van der Waals surface area (Å²) in [5.41, 5.74) is 0.257. The Bertz CT molecular complexity index is 651. The zero-order valence-electron chi connectivity index (χ0n) is 11.9. The van der Waals surface area contributed by atoms with Crippen LogP contribution in [0.4, 0.5) is 4.39 Å². The number of nitriles is 1. The van der Waals surface area contributed by atoms with E-state index in [1.807, 2.05) is 0 Å². The molecule has 116 valence electrons. The van der Waals surface area contributed by atoms with Crippen molar-refractivity contribution in [2.75, 3.05) is 14.2 Å². The first-order valence-electron chi connectivity index (χ1n) is 5.96. The number of hydrogen-bond donors (Lipinski definition) is 1. The van der Waals surface area contributed by atoms with E-state index < -0.39 is 23.5 Å². The van der Waals surface area contributed by atoms with Crippen molar-refractivity contribution in [3.8, 4) is 6.07 Å². The Kier molecular flexibility index (Phi) is 6.04. The molecule has 0 atom stereocenters. The maximum absolute atomic E-state index is 13.2. The lowest BCUT2D eigenvalue weighted by molar-refractivity contribution is -0.173. The first-order valence-corrected chi connectivity index (χ1v) is 5.96. The van der Waals surface area contributed by atoms with Gasteiger partial charge >= 0.3 is 5.97 Å². The van der Waals surface area contributed by atoms with Crippen molar-refractivity contribution in [3.63, 3.8) is 0 Å². The number of aliphatic hydroxyl groups excluding tert-OH is 1. The van der Waals surface area contributed by atoms with E-state index in [9.17, 15) is 19.1 Å². The Morgan fingerprint density at radius 1 is 1.45 bits per heavy atom. The van der Waals surface area contributed by atoms with Crippen LogP contribution in [0.25, 0.3) is 0 Å². The summed E-state index contributed by atoms with van der Waals surface area (Å²) in [6.07, 6.45) is 0.629. The van der Waals surface area contributed by atoms with Gasteiger partial charge in [0.2, 0.25) is 5.76 Å². The van der Waals surface area contributed by atoms with Crippen molar-refractivity contribution in [1.29, 1.82) is 5.26 Å². The van der Waals surface area contributed by atoms with E-state index in [1.54, 1.807) is 6.07 Å². The molecule has 1 rings (SSSR count). The third-order valence-corrected chi connectivity index (χ3v) is 2.60. The summed E-state index contributed by atoms with van der Waals surface area (Å²) >= 11 is 0. The predicted molar refractivity (Wildman–Crippen MR) is 71.4 cm³/mol. The number of halogens is 1. The standard InChI is InChI=1S/C14H13FN2O5/c1-21-14(20)12(18)6-13(19)17(22-2)8-9-3-4-11(15)10(5-9)7-16/h3-6,18H,8H2,1-2H3/b12-6-. The van der Waals surface area contributed by atoms with Gasteiger partial charge in [0.25, 0.3) is 5.91 Å². The topological polar surface area (TPSA) is 99.9 Å². The van der Waals surface area contributed by atoms with E-state index in [4.69, 9.17) is 10.1 Å². The average Bonchev–Trinajstić information content (AvgIpc) is 2.52. The van der Waals surface area contributed by atoms with Crippen molar-refractivity contribution in [1.82, 2.24) is 5.06 Å². The lowest BCUT2D eigenvalue weighted by atomic mass is 10.1. The van der Waals surface area contributed by atoms with E-state index in [2.05, 4.69) is 4.74 Å².